The van der Waals surface area contributed by atoms with Crippen LogP contribution in [0.2, 0.25) is 0 Å². The van der Waals surface area contributed by atoms with E-state index in [2.05, 4.69) is 9.97 Å². The van der Waals surface area contributed by atoms with Crippen LogP contribution in [0.1, 0.15) is 44.4 Å². The van der Waals surface area contributed by atoms with Crippen molar-refractivity contribution in [3.8, 4) is 11.5 Å². The van der Waals surface area contributed by atoms with Crippen molar-refractivity contribution in [2.75, 3.05) is 6.61 Å². The molecule has 2 aliphatic rings. The number of hydrogen-bond acceptors (Lipinski definition) is 14. The number of fused-ring (bicyclic) bond motifs is 2. The Balaban J connectivity index is 1.87. The van der Waals surface area contributed by atoms with Gasteiger partial charge in [-0.05, 0) is 42.7 Å². The summed E-state index contributed by atoms with van der Waals surface area (Å²) < 4.78 is 28.7. The van der Waals surface area contributed by atoms with E-state index in [9.17, 15) is 33.6 Å². The minimum atomic E-state index is -1.55. The summed E-state index contributed by atoms with van der Waals surface area (Å²) in [5.74, 6) is -4.34. The lowest BCUT2D eigenvalue weighted by Crippen LogP contribution is -2.49. The van der Waals surface area contributed by atoms with Crippen LogP contribution in [0.3, 0.4) is 0 Å². The average Bonchev–Trinajstić information content (AvgIpc) is 3.04. The van der Waals surface area contributed by atoms with E-state index in [4.69, 9.17) is 23.7 Å². The van der Waals surface area contributed by atoms with E-state index in [1.807, 2.05) is 13.8 Å². The summed E-state index contributed by atoms with van der Waals surface area (Å²) in [6, 6.07) is 12.2. The molecule has 16 heteroatoms. The van der Waals surface area contributed by atoms with E-state index < -0.39 is 79.1 Å². The third-order valence-corrected chi connectivity index (χ3v) is 7.47. The number of aromatic nitrogens is 4. The van der Waals surface area contributed by atoms with Crippen LogP contribution < -0.4 is 11.2 Å². The first-order chi connectivity index (χ1) is 23.6. The highest BCUT2D eigenvalue weighted by molar-refractivity contribution is 5.81. The Morgan fingerprint density at radius 1 is 0.740 bits per heavy atom. The van der Waals surface area contributed by atoms with Crippen LogP contribution >= 0.6 is 0 Å². The number of benzene rings is 2. The summed E-state index contributed by atoms with van der Waals surface area (Å²) in [6.45, 7) is 6.17. The lowest BCUT2D eigenvalue weighted by atomic mass is 10.1. The Hall–Kier alpha value is -5.93. The molecule has 264 valence electrons. The summed E-state index contributed by atoms with van der Waals surface area (Å²) in [5.41, 5.74) is 0.568. The minimum Gasteiger partial charge on any atom is -0.462 e. The highest BCUT2D eigenvalue weighted by Gasteiger charge is 2.39. The number of ether oxygens (including phenoxy) is 5. The molecule has 0 N–H and O–H groups in total. The molecule has 0 amide bonds. The highest BCUT2D eigenvalue weighted by atomic mass is 16.6. The fourth-order valence-electron chi connectivity index (χ4n) is 5.16. The zero-order valence-electron chi connectivity index (χ0n) is 28.3. The second-order valence-corrected chi connectivity index (χ2v) is 11.4. The Labute approximate surface area is 285 Å². The molecule has 0 saturated heterocycles. The van der Waals surface area contributed by atoms with Crippen LogP contribution in [0.4, 0.5) is 0 Å². The number of aryl methyl sites for hydroxylation is 2. The van der Waals surface area contributed by atoms with Gasteiger partial charge in [0.1, 0.15) is 19.8 Å². The second-order valence-electron chi connectivity index (χ2n) is 11.4. The van der Waals surface area contributed by atoms with Crippen molar-refractivity contribution in [1.82, 2.24) is 19.1 Å². The zero-order chi connectivity index (χ0) is 36.7. The van der Waals surface area contributed by atoms with Gasteiger partial charge in [0.2, 0.25) is 0 Å². The first-order valence-corrected chi connectivity index (χ1v) is 15.4. The summed E-state index contributed by atoms with van der Waals surface area (Å²) in [6.07, 6.45) is -4.47. The first-order valence-electron chi connectivity index (χ1n) is 15.4. The first kappa shape index (κ1) is 36.9. The Morgan fingerprint density at radius 2 is 1.36 bits per heavy atom. The van der Waals surface area contributed by atoms with Gasteiger partial charge < -0.3 is 28.3 Å². The second kappa shape index (κ2) is 16.0. The smallest absolute Gasteiger partial charge is 0.353 e. The third kappa shape index (κ3) is 9.15. The molecule has 0 aliphatic carbocycles. The predicted molar refractivity (Wildman–Crippen MR) is 174 cm³/mol. The lowest BCUT2D eigenvalue weighted by molar-refractivity contribution is -0.190. The van der Waals surface area contributed by atoms with Crippen LogP contribution in [0.15, 0.2) is 52.1 Å². The van der Waals surface area contributed by atoms with Crippen molar-refractivity contribution >= 4 is 40.9 Å². The van der Waals surface area contributed by atoms with Gasteiger partial charge in [-0.3, -0.25) is 28.8 Å². The van der Waals surface area contributed by atoms with Crippen molar-refractivity contribution < 1.29 is 47.7 Å². The quantitative estimate of drug-likeness (QED) is 0.111. The molecule has 0 fully saturated rings. The molecule has 2 aromatic carbocycles. The molecule has 0 bridgehead atoms. The molecule has 2 aromatic rings. The third-order valence-electron chi connectivity index (χ3n) is 7.47. The highest BCUT2D eigenvalue weighted by Crippen LogP contribution is 2.26. The van der Waals surface area contributed by atoms with Gasteiger partial charge in [0.15, 0.2) is 29.8 Å². The van der Waals surface area contributed by atoms with Gasteiger partial charge in [-0.15, -0.1) is 0 Å². The van der Waals surface area contributed by atoms with Crippen molar-refractivity contribution in [2.45, 2.75) is 79.6 Å². The zero-order valence-corrected chi connectivity index (χ0v) is 28.3. The van der Waals surface area contributed by atoms with E-state index in [0.717, 1.165) is 38.8 Å². The standard InChI is InChI=1S/C34H36N4O12/c1-18-12-25-26(13-19(18)2)37(14-27(48-21(4)40)31(50-23(6)42)28(49-22(5)41)17-46-20(3)39)32-30(35-25)33(44)38(34(45)36-32)15-29(43)47-16-24-10-8-7-9-11-24/h7-13,27-28,31H,14-17H2,1-6H3/t27-,28+,31-/m0/s1. The Kier molecular flexibility index (Phi) is 11.8. The number of hydrogen-bond donors (Lipinski definition) is 0. The van der Waals surface area contributed by atoms with Gasteiger partial charge in [0.05, 0.1) is 17.6 Å². The molecular formula is C34H36N4O12. The van der Waals surface area contributed by atoms with Crippen LogP contribution in [0.25, 0.3) is 22.6 Å². The molecule has 4 rings (SSSR count). The molecule has 0 unspecified atom stereocenters. The molecule has 0 spiro atoms. The van der Waals surface area contributed by atoms with Crippen molar-refractivity contribution in [3.05, 3.63) is 80.0 Å². The fourth-order valence-corrected chi connectivity index (χ4v) is 5.16. The van der Waals surface area contributed by atoms with E-state index in [-0.39, 0.29) is 23.6 Å². The lowest BCUT2D eigenvalue weighted by Gasteiger charge is -2.32. The van der Waals surface area contributed by atoms with E-state index in [1.165, 1.54) is 4.57 Å². The summed E-state index contributed by atoms with van der Waals surface area (Å²) >= 11 is 0. The Bertz CT molecular complexity index is 2020. The molecular weight excluding hydrogens is 656 g/mol. The molecule has 0 aromatic heterocycles. The van der Waals surface area contributed by atoms with Gasteiger partial charge in [-0.1, -0.05) is 30.3 Å². The number of carbonyl (C=O) groups is 5. The summed E-state index contributed by atoms with van der Waals surface area (Å²) in [5, 5.41) is 0. The molecule has 0 radical (unpaired) electrons. The molecule has 0 saturated carbocycles. The summed E-state index contributed by atoms with van der Waals surface area (Å²) in [7, 11) is 0. The normalized spacial score (nSPS) is 12.8. The fraction of sp³-hybridized carbons (Fsp3) is 0.382. The summed E-state index contributed by atoms with van der Waals surface area (Å²) in [4.78, 5) is 96.9. The topological polar surface area (TPSA) is 201 Å². The number of rotatable bonds is 13. The van der Waals surface area contributed by atoms with E-state index >= 15 is 0 Å². The molecule has 50 heavy (non-hydrogen) atoms. The maximum absolute atomic E-state index is 13.8. The number of carbonyl (C=O) groups excluding carboxylic acids is 5. The van der Waals surface area contributed by atoms with Crippen molar-refractivity contribution in [1.29, 1.82) is 0 Å². The van der Waals surface area contributed by atoms with Crippen LogP contribution in [0, 0.1) is 13.8 Å². The van der Waals surface area contributed by atoms with Gasteiger partial charge in [0.25, 0.3) is 5.56 Å². The maximum atomic E-state index is 13.8. The van der Waals surface area contributed by atoms with Crippen molar-refractivity contribution in [2.24, 2.45) is 0 Å². The van der Waals surface area contributed by atoms with Gasteiger partial charge in [0, 0.05) is 27.7 Å². The molecule has 2 heterocycles. The van der Waals surface area contributed by atoms with E-state index in [1.54, 1.807) is 42.5 Å². The largest absolute Gasteiger partial charge is 0.462 e. The molecule has 3 atom stereocenters. The van der Waals surface area contributed by atoms with Crippen LogP contribution in [-0.2, 0) is 67.4 Å². The Morgan fingerprint density at radius 3 is 1.98 bits per heavy atom. The van der Waals surface area contributed by atoms with Crippen molar-refractivity contribution in [3.63, 3.8) is 0 Å². The molecule has 16 nitrogen and oxygen atoms in total. The van der Waals surface area contributed by atoms with Gasteiger partial charge in [-0.25, -0.2) is 14.3 Å². The van der Waals surface area contributed by atoms with Crippen LogP contribution in [0.5, 0.6) is 0 Å². The number of nitrogens with zero attached hydrogens (tertiary/aromatic N) is 4. The van der Waals surface area contributed by atoms with Gasteiger partial charge in [-0.2, -0.15) is 4.98 Å². The maximum Gasteiger partial charge on any atom is 0.353 e. The molecule has 2 aliphatic heterocycles. The van der Waals surface area contributed by atoms with Gasteiger partial charge >= 0.3 is 35.5 Å². The van der Waals surface area contributed by atoms with Crippen LogP contribution in [-0.4, -0.2) is 73.9 Å². The SMILES string of the molecule is CC(=O)OC[C@@H](OC(C)=O)[C@@H](OC(C)=O)[C@H](Cn1c2nc(=O)n(CC(=O)OCc3ccccc3)c(=O)c-2nc2cc(C)c(C)cc21)OC(C)=O. The monoisotopic (exact) mass is 692 g/mol. The minimum absolute atomic E-state index is 0.0853. The van der Waals surface area contributed by atoms with E-state index in [0.29, 0.717) is 15.6 Å². The predicted octanol–water partition coefficient (Wildman–Crippen LogP) is 1.78. The number of esters is 5. The average molecular weight is 693 g/mol.